The van der Waals surface area contributed by atoms with E-state index in [1.54, 1.807) is 6.20 Å². The second kappa shape index (κ2) is 8.05. The van der Waals surface area contributed by atoms with Crippen LogP contribution < -0.4 is 10.5 Å². The smallest absolute Gasteiger partial charge is 0.414 e. The number of aliphatic carboxylic acids is 2. The second-order valence-electron chi connectivity index (χ2n) is 2.75. The lowest BCUT2D eigenvalue weighted by molar-refractivity contribution is -0.159. The van der Waals surface area contributed by atoms with Crippen LogP contribution in [-0.2, 0) is 16.1 Å². The SMILES string of the molecule is CCOc1ccc(CN)cn1.O=C(O)C(=O)O. The third-order valence-electron chi connectivity index (χ3n) is 1.51. The second-order valence-corrected chi connectivity index (χ2v) is 2.75. The summed E-state index contributed by atoms with van der Waals surface area (Å²) in [7, 11) is 0. The molecule has 7 nitrogen and oxygen atoms in total. The standard InChI is InChI=1S/C8H12N2O.C2H2O4/c1-2-11-8-4-3-7(5-9)6-10-8;3-1(4)2(5)6/h3-4,6H,2,5,9H2,1H3;(H,3,4)(H,5,6). The van der Waals surface area contributed by atoms with Crippen molar-refractivity contribution in [3.8, 4) is 5.88 Å². The number of ether oxygens (including phenoxy) is 1. The van der Waals surface area contributed by atoms with Gasteiger partial charge in [0.05, 0.1) is 6.61 Å². The molecule has 0 aliphatic rings. The van der Waals surface area contributed by atoms with E-state index in [-0.39, 0.29) is 0 Å². The van der Waals surface area contributed by atoms with Gasteiger partial charge in [-0.2, -0.15) is 0 Å². The highest BCUT2D eigenvalue weighted by atomic mass is 16.5. The van der Waals surface area contributed by atoms with Crippen LogP contribution in [0.2, 0.25) is 0 Å². The Morgan fingerprint density at radius 2 is 1.94 bits per heavy atom. The molecule has 0 amide bonds. The maximum atomic E-state index is 9.10. The molecule has 0 saturated heterocycles. The Labute approximate surface area is 97.8 Å². The van der Waals surface area contributed by atoms with Gasteiger partial charge in [-0.05, 0) is 12.5 Å². The van der Waals surface area contributed by atoms with E-state index >= 15 is 0 Å². The van der Waals surface area contributed by atoms with Crippen LogP contribution in [0.15, 0.2) is 18.3 Å². The van der Waals surface area contributed by atoms with E-state index in [1.807, 2.05) is 19.1 Å². The molecule has 0 radical (unpaired) electrons. The average Bonchev–Trinajstić information content (AvgIpc) is 2.31. The minimum absolute atomic E-state index is 0.527. The van der Waals surface area contributed by atoms with E-state index in [0.717, 1.165) is 5.56 Å². The minimum Gasteiger partial charge on any atom is -0.478 e. The van der Waals surface area contributed by atoms with Gasteiger partial charge in [0.1, 0.15) is 0 Å². The maximum absolute atomic E-state index is 9.10. The van der Waals surface area contributed by atoms with Gasteiger partial charge in [-0.15, -0.1) is 0 Å². The number of nitrogens with zero attached hydrogens (tertiary/aromatic N) is 1. The Bertz CT molecular complexity index is 351. The summed E-state index contributed by atoms with van der Waals surface area (Å²) in [5.74, 6) is -2.99. The predicted octanol–water partition coefficient (Wildman–Crippen LogP) is 0.0946. The van der Waals surface area contributed by atoms with Crippen molar-refractivity contribution in [1.82, 2.24) is 4.98 Å². The number of carbonyl (C=O) groups is 2. The quantitative estimate of drug-likeness (QED) is 0.642. The fourth-order valence-electron chi connectivity index (χ4n) is 0.765. The summed E-state index contributed by atoms with van der Waals surface area (Å²) in [4.78, 5) is 22.2. The molecule has 0 aliphatic carbocycles. The summed E-state index contributed by atoms with van der Waals surface area (Å²) in [6.45, 7) is 3.10. The first-order chi connectivity index (χ1) is 8.01. The Morgan fingerprint density at radius 1 is 1.35 bits per heavy atom. The van der Waals surface area contributed by atoms with Gasteiger partial charge in [0.15, 0.2) is 0 Å². The van der Waals surface area contributed by atoms with Crippen LogP contribution >= 0.6 is 0 Å². The number of carboxylic acids is 2. The highest BCUT2D eigenvalue weighted by Gasteiger charge is 2.04. The predicted molar refractivity (Wildman–Crippen MR) is 58.6 cm³/mol. The Morgan fingerprint density at radius 3 is 2.24 bits per heavy atom. The molecule has 0 bridgehead atoms. The van der Waals surface area contributed by atoms with Crippen LogP contribution in [0.4, 0.5) is 0 Å². The van der Waals surface area contributed by atoms with Crippen molar-refractivity contribution in [1.29, 1.82) is 0 Å². The van der Waals surface area contributed by atoms with Gasteiger partial charge in [0.25, 0.3) is 0 Å². The van der Waals surface area contributed by atoms with Gasteiger partial charge in [-0.1, -0.05) is 6.07 Å². The van der Waals surface area contributed by atoms with Crippen molar-refractivity contribution < 1.29 is 24.5 Å². The maximum Gasteiger partial charge on any atom is 0.414 e. The molecular weight excluding hydrogens is 228 g/mol. The van der Waals surface area contributed by atoms with Crippen LogP contribution in [-0.4, -0.2) is 33.7 Å². The van der Waals surface area contributed by atoms with E-state index in [2.05, 4.69) is 4.98 Å². The third-order valence-corrected chi connectivity index (χ3v) is 1.51. The van der Waals surface area contributed by atoms with Crippen molar-refractivity contribution in [3.63, 3.8) is 0 Å². The normalized spacial score (nSPS) is 8.82. The lowest BCUT2D eigenvalue weighted by atomic mass is 10.3. The molecule has 0 spiro atoms. The van der Waals surface area contributed by atoms with Crippen LogP contribution in [0.25, 0.3) is 0 Å². The first-order valence-electron chi connectivity index (χ1n) is 4.75. The monoisotopic (exact) mass is 242 g/mol. The van der Waals surface area contributed by atoms with E-state index in [0.29, 0.717) is 19.0 Å². The first kappa shape index (κ1) is 14.8. The molecule has 0 fully saturated rings. The number of aromatic nitrogens is 1. The van der Waals surface area contributed by atoms with Gasteiger partial charge in [0.2, 0.25) is 5.88 Å². The van der Waals surface area contributed by atoms with Crippen molar-refractivity contribution in [2.45, 2.75) is 13.5 Å². The van der Waals surface area contributed by atoms with Crippen LogP contribution in [0.3, 0.4) is 0 Å². The minimum atomic E-state index is -1.82. The van der Waals surface area contributed by atoms with Gasteiger partial charge >= 0.3 is 11.9 Å². The number of hydrogen-bond donors (Lipinski definition) is 3. The molecule has 1 aromatic heterocycles. The van der Waals surface area contributed by atoms with Crippen LogP contribution in [0.5, 0.6) is 5.88 Å². The number of carboxylic acid groups (broad SMARTS) is 2. The van der Waals surface area contributed by atoms with Gasteiger partial charge in [0, 0.05) is 18.8 Å². The van der Waals surface area contributed by atoms with Crippen molar-refractivity contribution in [2.24, 2.45) is 5.73 Å². The zero-order valence-corrected chi connectivity index (χ0v) is 9.29. The largest absolute Gasteiger partial charge is 0.478 e. The molecule has 0 atom stereocenters. The summed E-state index contributed by atoms with van der Waals surface area (Å²) in [5, 5.41) is 14.8. The molecule has 0 unspecified atom stereocenters. The van der Waals surface area contributed by atoms with Crippen LogP contribution in [0.1, 0.15) is 12.5 Å². The first-order valence-corrected chi connectivity index (χ1v) is 4.75. The van der Waals surface area contributed by atoms with Crippen molar-refractivity contribution in [2.75, 3.05) is 6.61 Å². The van der Waals surface area contributed by atoms with Gasteiger partial charge < -0.3 is 20.7 Å². The van der Waals surface area contributed by atoms with Crippen molar-refractivity contribution in [3.05, 3.63) is 23.9 Å². The number of pyridine rings is 1. The lowest BCUT2D eigenvalue weighted by Gasteiger charge is -2.01. The van der Waals surface area contributed by atoms with Crippen LogP contribution in [0, 0.1) is 0 Å². The fraction of sp³-hybridized carbons (Fsp3) is 0.300. The summed E-state index contributed by atoms with van der Waals surface area (Å²) in [5.41, 5.74) is 6.41. The van der Waals surface area contributed by atoms with E-state index in [4.69, 9.17) is 30.3 Å². The van der Waals surface area contributed by atoms with E-state index in [1.165, 1.54) is 0 Å². The fourth-order valence-corrected chi connectivity index (χ4v) is 0.765. The summed E-state index contributed by atoms with van der Waals surface area (Å²) >= 11 is 0. The highest BCUT2D eigenvalue weighted by Crippen LogP contribution is 2.06. The van der Waals surface area contributed by atoms with Crippen molar-refractivity contribution >= 4 is 11.9 Å². The summed E-state index contributed by atoms with van der Waals surface area (Å²) in [6, 6.07) is 3.74. The Kier molecular flexibility index (Phi) is 7.04. The molecule has 1 rings (SSSR count). The lowest BCUT2D eigenvalue weighted by Crippen LogP contribution is -2.09. The van der Waals surface area contributed by atoms with E-state index < -0.39 is 11.9 Å². The average molecular weight is 242 g/mol. The summed E-state index contributed by atoms with van der Waals surface area (Å²) in [6.07, 6.45) is 1.73. The summed E-state index contributed by atoms with van der Waals surface area (Å²) < 4.78 is 5.15. The van der Waals surface area contributed by atoms with E-state index in [9.17, 15) is 0 Å². The molecule has 17 heavy (non-hydrogen) atoms. The zero-order chi connectivity index (χ0) is 13.3. The molecular formula is C10H14N2O5. The highest BCUT2D eigenvalue weighted by molar-refractivity contribution is 6.27. The molecule has 1 heterocycles. The van der Waals surface area contributed by atoms with Gasteiger partial charge in [-0.25, -0.2) is 14.6 Å². The molecule has 94 valence electrons. The third kappa shape index (κ3) is 6.85. The Balaban J connectivity index is 0.000000366. The van der Waals surface area contributed by atoms with Gasteiger partial charge in [-0.3, -0.25) is 0 Å². The topological polar surface area (TPSA) is 123 Å². The molecule has 0 aliphatic heterocycles. The number of hydrogen-bond acceptors (Lipinski definition) is 5. The molecule has 1 aromatic rings. The number of rotatable bonds is 3. The molecule has 4 N–H and O–H groups in total. The molecule has 0 saturated carbocycles. The zero-order valence-electron chi connectivity index (χ0n) is 9.29. The molecule has 0 aromatic carbocycles. The number of nitrogens with two attached hydrogens (primary N) is 1. The Hall–Kier alpha value is -2.15. The molecule has 7 heteroatoms.